The van der Waals surface area contributed by atoms with Crippen LogP contribution in [0.4, 0.5) is 0 Å². The van der Waals surface area contributed by atoms with Gasteiger partial charge in [0.25, 0.3) is 0 Å². The molecule has 0 unspecified atom stereocenters. The third-order valence-electron chi connectivity index (χ3n) is 4.82. The maximum atomic E-state index is 12.4. The van der Waals surface area contributed by atoms with Crippen LogP contribution >= 0.6 is 0 Å². The van der Waals surface area contributed by atoms with Crippen molar-refractivity contribution in [1.82, 2.24) is 10.2 Å². The number of esters is 1. The number of rotatable bonds is 9. The number of carbonyl (C=O) groups is 1. The molecule has 6 heteroatoms. The Kier molecular flexibility index (Phi) is 7.28. The van der Waals surface area contributed by atoms with E-state index in [1.165, 1.54) is 0 Å². The van der Waals surface area contributed by atoms with Crippen molar-refractivity contribution in [3.05, 3.63) is 96.6 Å². The predicted molar refractivity (Wildman–Crippen MR) is 126 cm³/mol. The Hall–Kier alpha value is -4.19. The summed E-state index contributed by atoms with van der Waals surface area (Å²) in [5.41, 5.74) is 1.95. The molecule has 0 aliphatic heterocycles. The molecule has 1 heterocycles. The van der Waals surface area contributed by atoms with E-state index >= 15 is 0 Å². The van der Waals surface area contributed by atoms with E-state index in [2.05, 4.69) is 17.1 Å². The summed E-state index contributed by atoms with van der Waals surface area (Å²) in [6.45, 7) is 2.76. The predicted octanol–water partition coefficient (Wildman–Crippen LogP) is 6.33. The lowest BCUT2D eigenvalue weighted by atomic mass is 10.1. The molecule has 0 radical (unpaired) electrons. The molecule has 0 saturated heterocycles. The van der Waals surface area contributed by atoms with Gasteiger partial charge in [-0.3, -0.25) is 0 Å². The molecule has 3 aromatic carbocycles. The zero-order chi connectivity index (χ0) is 22.9. The summed E-state index contributed by atoms with van der Waals surface area (Å²) in [6.07, 6.45) is 2.06. The molecule has 0 saturated carbocycles. The number of hydrogen-bond acceptors (Lipinski definition) is 6. The van der Waals surface area contributed by atoms with E-state index in [-0.39, 0.29) is 5.88 Å². The van der Waals surface area contributed by atoms with E-state index in [1.807, 2.05) is 54.6 Å². The monoisotopic (exact) mass is 440 g/mol. The highest BCUT2D eigenvalue weighted by Crippen LogP contribution is 2.25. The van der Waals surface area contributed by atoms with E-state index in [0.717, 1.165) is 35.7 Å². The highest BCUT2D eigenvalue weighted by atomic mass is 16.5. The van der Waals surface area contributed by atoms with Gasteiger partial charge in [-0.2, -0.15) is 0 Å². The fraction of sp³-hybridized carbons (Fsp3) is 0.148. The van der Waals surface area contributed by atoms with Gasteiger partial charge in [-0.25, -0.2) is 4.79 Å². The van der Waals surface area contributed by atoms with Crippen LogP contribution in [0.25, 0.3) is 11.3 Å². The Morgan fingerprint density at radius 2 is 1.45 bits per heavy atom. The molecular weight excluding hydrogens is 416 g/mol. The number of unbranched alkanes of at least 4 members (excludes halogenated alkanes) is 1. The molecule has 4 aromatic rings. The summed E-state index contributed by atoms with van der Waals surface area (Å²) in [5, 5.41) is 8.21. The molecule has 0 aliphatic carbocycles. The Morgan fingerprint density at radius 3 is 2.12 bits per heavy atom. The topological polar surface area (TPSA) is 70.5 Å². The molecule has 0 spiro atoms. The highest BCUT2D eigenvalue weighted by molar-refractivity contribution is 5.91. The van der Waals surface area contributed by atoms with Gasteiger partial charge >= 0.3 is 5.97 Å². The maximum absolute atomic E-state index is 12.4. The molecule has 6 nitrogen and oxygen atoms in total. The Balaban J connectivity index is 1.34. The largest absolute Gasteiger partial charge is 0.494 e. The number of benzene rings is 3. The van der Waals surface area contributed by atoms with Crippen LogP contribution in [0.5, 0.6) is 23.1 Å². The van der Waals surface area contributed by atoms with Crippen LogP contribution in [0, 0.1) is 0 Å². The van der Waals surface area contributed by atoms with Crippen LogP contribution in [0.2, 0.25) is 0 Å². The van der Waals surface area contributed by atoms with Crippen LogP contribution in [-0.4, -0.2) is 22.8 Å². The Morgan fingerprint density at radius 1 is 0.758 bits per heavy atom. The number of nitrogens with zero attached hydrogens (tertiary/aromatic N) is 2. The van der Waals surface area contributed by atoms with Crippen LogP contribution in [0.1, 0.15) is 30.1 Å². The van der Waals surface area contributed by atoms with E-state index in [0.29, 0.717) is 17.9 Å². The molecule has 166 valence electrons. The lowest BCUT2D eigenvalue weighted by Crippen LogP contribution is -2.10. The molecular formula is C27H24N2O4. The first-order valence-electron chi connectivity index (χ1n) is 10.8. The summed E-state index contributed by atoms with van der Waals surface area (Å²) >= 11 is 0. The third-order valence-corrected chi connectivity index (χ3v) is 4.82. The second kappa shape index (κ2) is 10.9. The first kappa shape index (κ1) is 22.0. The number of aromatic nitrogens is 2. The third kappa shape index (κ3) is 6.17. The second-order valence-electron chi connectivity index (χ2n) is 7.31. The normalized spacial score (nSPS) is 10.5. The first-order valence-corrected chi connectivity index (χ1v) is 10.8. The minimum absolute atomic E-state index is 0.135. The van der Waals surface area contributed by atoms with Crippen molar-refractivity contribution in [3.63, 3.8) is 0 Å². The summed E-state index contributed by atoms with van der Waals surface area (Å²) in [4.78, 5) is 12.4. The van der Waals surface area contributed by atoms with Gasteiger partial charge in [0.05, 0.1) is 17.9 Å². The number of carbonyl (C=O) groups excluding carboxylic acids is 1. The molecule has 4 rings (SSSR count). The van der Waals surface area contributed by atoms with Crippen molar-refractivity contribution >= 4 is 5.97 Å². The standard InChI is InChI=1S/C27H24N2O4/c1-2-3-19-31-22-13-11-21(12-14-22)27(30)33-26-18-17-25(28-29-26)20-9-15-24(16-10-20)32-23-7-5-4-6-8-23/h4-18H,2-3,19H2,1H3. The van der Waals surface area contributed by atoms with Gasteiger partial charge in [-0.05, 0) is 73.2 Å². The average molecular weight is 440 g/mol. The molecule has 33 heavy (non-hydrogen) atoms. The summed E-state index contributed by atoms with van der Waals surface area (Å²) in [7, 11) is 0. The molecule has 0 aliphatic rings. The number of para-hydroxylation sites is 1. The molecule has 0 bridgehead atoms. The lowest BCUT2D eigenvalue weighted by molar-refractivity contribution is 0.0726. The van der Waals surface area contributed by atoms with Gasteiger partial charge < -0.3 is 14.2 Å². The van der Waals surface area contributed by atoms with Gasteiger partial charge in [0.1, 0.15) is 17.2 Å². The molecule has 0 N–H and O–H groups in total. The van der Waals surface area contributed by atoms with Gasteiger partial charge in [0.2, 0.25) is 5.88 Å². The minimum Gasteiger partial charge on any atom is -0.494 e. The van der Waals surface area contributed by atoms with E-state index in [4.69, 9.17) is 14.2 Å². The highest BCUT2D eigenvalue weighted by Gasteiger charge is 2.11. The van der Waals surface area contributed by atoms with Crippen molar-refractivity contribution in [2.45, 2.75) is 19.8 Å². The average Bonchev–Trinajstić information content (AvgIpc) is 2.86. The second-order valence-corrected chi connectivity index (χ2v) is 7.31. The zero-order valence-electron chi connectivity index (χ0n) is 18.3. The van der Waals surface area contributed by atoms with Crippen LogP contribution in [-0.2, 0) is 0 Å². The first-order chi connectivity index (χ1) is 16.2. The minimum atomic E-state index is -0.500. The molecule has 0 amide bonds. The van der Waals surface area contributed by atoms with Crippen LogP contribution in [0.3, 0.4) is 0 Å². The Labute approximate surface area is 192 Å². The Bertz CT molecular complexity index is 1160. The summed E-state index contributed by atoms with van der Waals surface area (Å²) in [5.74, 6) is 1.86. The molecule has 1 aromatic heterocycles. The number of hydrogen-bond donors (Lipinski definition) is 0. The molecule has 0 atom stereocenters. The van der Waals surface area contributed by atoms with Gasteiger partial charge in [0, 0.05) is 11.6 Å². The van der Waals surface area contributed by atoms with Gasteiger partial charge in [-0.1, -0.05) is 31.5 Å². The van der Waals surface area contributed by atoms with Gasteiger partial charge in [0.15, 0.2) is 0 Å². The summed E-state index contributed by atoms with van der Waals surface area (Å²) in [6, 6.07) is 27.4. The fourth-order valence-electron chi connectivity index (χ4n) is 3.02. The fourth-order valence-corrected chi connectivity index (χ4v) is 3.02. The molecule has 0 fully saturated rings. The quantitative estimate of drug-likeness (QED) is 0.224. The van der Waals surface area contributed by atoms with Crippen LogP contribution in [0.15, 0.2) is 91.0 Å². The maximum Gasteiger partial charge on any atom is 0.344 e. The van der Waals surface area contributed by atoms with Crippen LogP contribution < -0.4 is 14.2 Å². The van der Waals surface area contributed by atoms with E-state index in [1.54, 1.807) is 36.4 Å². The zero-order valence-corrected chi connectivity index (χ0v) is 18.3. The van der Waals surface area contributed by atoms with Gasteiger partial charge in [-0.15, -0.1) is 10.2 Å². The lowest BCUT2D eigenvalue weighted by Gasteiger charge is -2.07. The SMILES string of the molecule is CCCCOc1ccc(C(=O)Oc2ccc(-c3ccc(Oc4ccccc4)cc3)nn2)cc1. The smallest absolute Gasteiger partial charge is 0.344 e. The van der Waals surface area contributed by atoms with Crippen molar-refractivity contribution in [2.24, 2.45) is 0 Å². The summed E-state index contributed by atoms with van der Waals surface area (Å²) < 4.78 is 16.8. The van der Waals surface area contributed by atoms with Crippen molar-refractivity contribution in [2.75, 3.05) is 6.61 Å². The van der Waals surface area contributed by atoms with Crippen molar-refractivity contribution in [3.8, 4) is 34.4 Å². The number of ether oxygens (including phenoxy) is 3. The van der Waals surface area contributed by atoms with Crippen molar-refractivity contribution < 1.29 is 19.0 Å². The van der Waals surface area contributed by atoms with Crippen molar-refractivity contribution in [1.29, 1.82) is 0 Å². The van der Waals surface area contributed by atoms with E-state index < -0.39 is 5.97 Å². The van der Waals surface area contributed by atoms with E-state index in [9.17, 15) is 4.79 Å².